The van der Waals surface area contributed by atoms with Gasteiger partial charge < -0.3 is 14.8 Å². The van der Waals surface area contributed by atoms with Crippen molar-refractivity contribution < 1.29 is 18.7 Å². The average molecular weight is 317 g/mol. The minimum Gasteiger partial charge on any atom is -0.496 e. The molecule has 0 amide bonds. The Balaban J connectivity index is 2.08. The van der Waals surface area contributed by atoms with Crippen molar-refractivity contribution in [3.63, 3.8) is 0 Å². The van der Waals surface area contributed by atoms with Gasteiger partial charge in [-0.15, -0.1) is 0 Å². The van der Waals surface area contributed by atoms with Crippen LogP contribution in [-0.2, 0) is 11.2 Å². The zero-order valence-electron chi connectivity index (χ0n) is 13.5. The summed E-state index contributed by atoms with van der Waals surface area (Å²) in [5.41, 5.74) is 3.00. The second-order valence-electron chi connectivity index (χ2n) is 5.10. The van der Waals surface area contributed by atoms with Gasteiger partial charge in [-0.1, -0.05) is 6.07 Å². The number of rotatable bonds is 6. The molecular weight excluding hydrogens is 297 g/mol. The summed E-state index contributed by atoms with van der Waals surface area (Å²) in [7, 11) is 2.92. The van der Waals surface area contributed by atoms with Crippen LogP contribution in [-0.4, -0.2) is 26.7 Å². The molecule has 5 heteroatoms. The first-order valence-corrected chi connectivity index (χ1v) is 7.31. The van der Waals surface area contributed by atoms with Gasteiger partial charge in [0.05, 0.1) is 19.8 Å². The number of nitrogens with one attached hydrogen (secondary N) is 1. The molecule has 2 rings (SSSR count). The Hall–Kier alpha value is -2.56. The summed E-state index contributed by atoms with van der Waals surface area (Å²) in [6, 6.07) is 9.88. The summed E-state index contributed by atoms with van der Waals surface area (Å²) in [4.78, 5) is 11.7. The minimum atomic E-state index is -0.363. The summed E-state index contributed by atoms with van der Waals surface area (Å²) in [6.45, 7) is 2.45. The number of carbonyl (C=O) groups excluding carboxylic acids is 1. The van der Waals surface area contributed by atoms with Gasteiger partial charge in [0.2, 0.25) is 0 Å². The van der Waals surface area contributed by atoms with Gasteiger partial charge in [0.25, 0.3) is 0 Å². The summed E-state index contributed by atoms with van der Waals surface area (Å²) in [6.07, 6.45) is 0.600. The Labute approximate surface area is 135 Å². The first-order valence-electron chi connectivity index (χ1n) is 7.31. The number of anilines is 1. The van der Waals surface area contributed by atoms with Crippen molar-refractivity contribution in [3.05, 3.63) is 58.9 Å². The number of esters is 1. The Morgan fingerprint density at radius 1 is 1.22 bits per heavy atom. The number of halogens is 1. The fourth-order valence-corrected chi connectivity index (χ4v) is 2.43. The Kier molecular flexibility index (Phi) is 5.57. The predicted octanol–water partition coefficient (Wildman–Crippen LogP) is 3.58. The van der Waals surface area contributed by atoms with Crippen molar-refractivity contribution in [3.8, 4) is 5.75 Å². The number of benzene rings is 2. The van der Waals surface area contributed by atoms with Crippen molar-refractivity contribution >= 4 is 11.7 Å². The number of carbonyl (C=O) groups is 1. The second-order valence-corrected chi connectivity index (χ2v) is 5.10. The number of ether oxygens (including phenoxy) is 2. The third-order valence-electron chi connectivity index (χ3n) is 3.69. The summed E-state index contributed by atoms with van der Waals surface area (Å²) >= 11 is 0. The van der Waals surface area contributed by atoms with E-state index in [2.05, 4.69) is 5.32 Å². The Morgan fingerprint density at radius 3 is 2.70 bits per heavy atom. The fraction of sp³-hybridized carbons (Fsp3) is 0.278. The highest BCUT2D eigenvalue weighted by Gasteiger charge is 2.11. The molecule has 2 aromatic rings. The molecule has 23 heavy (non-hydrogen) atoms. The lowest BCUT2D eigenvalue weighted by Gasteiger charge is -2.13. The molecule has 0 aliphatic heterocycles. The standard InChI is InChI=1S/C18H20FNO3/c1-12-15(18(21)23-3)5-4-6-16(12)20-10-9-13-11-14(19)7-8-17(13)22-2/h4-8,11,20H,9-10H2,1-3H3. The lowest BCUT2D eigenvalue weighted by molar-refractivity contribution is 0.0600. The van der Waals surface area contributed by atoms with Gasteiger partial charge in [-0.3, -0.25) is 0 Å². The van der Waals surface area contributed by atoms with Crippen LogP contribution in [0.15, 0.2) is 36.4 Å². The largest absolute Gasteiger partial charge is 0.496 e. The summed E-state index contributed by atoms with van der Waals surface area (Å²) < 4.78 is 23.4. The van der Waals surface area contributed by atoms with Gasteiger partial charge in [-0.25, -0.2) is 9.18 Å². The van der Waals surface area contributed by atoms with Crippen LogP contribution in [0.5, 0.6) is 5.75 Å². The van der Waals surface area contributed by atoms with Gasteiger partial charge in [0, 0.05) is 12.2 Å². The highest BCUT2D eigenvalue weighted by atomic mass is 19.1. The molecule has 1 N–H and O–H groups in total. The number of hydrogen-bond donors (Lipinski definition) is 1. The van der Waals surface area contributed by atoms with Crippen LogP contribution in [0.3, 0.4) is 0 Å². The van der Waals surface area contributed by atoms with Crippen molar-refractivity contribution in [1.29, 1.82) is 0 Å². The predicted molar refractivity (Wildman–Crippen MR) is 87.7 cm³/mol. The Bertz CT molecular complexity index is 701. The third-order valence-corrected chi connectivity index (χ3v) is 3.69. The maximum Gasteiger partial charge on any atom is 0.338 e. The molecule has 0 aliphatic rings. The fourth-order valence-electron chi connectivity index (χ4n) is 2.43. The van der Waals surface area contributed by atoms with Gasteiger partial charge in [-0.2, -0.15) is 0 Å². The topological polar surface area (TPSA) is 47.6 Å². The quantitative estimate of drug-likeness (QED) is 0.827. The van der Waals surface area contributed by atoms with Crippen LogP contribution < -0.4 is 10.1 Å². The van der Waals surface area contributed by atoms with Crippen molar-refractivity contribution in [2.75, 3.05) is 26.1 Å². The molecule has 0 aliphatic carbocycles. The van der Waals surface area contributed by atoms with Gasteiger partial charge in [0.15, 0.2) is 0 Å². The SMILES string of the molecule is COC(=O)c1cccc(NCCc2cc(F)ccc2OC)c1C. The average Bonchev–Trinajstić information content (AvgIpc) is 2.56. The van der Waals surface area contributed by atoms with Crippen molar-refractivity contribution in [2.24, 2.45) is 0 Å². The highest BCUT2D eigenvalue weighted by Crippen LogP contribution is 2.22. The summed E-state index contributed by atoms with van der Waals surface area (Å²) in [5.74, 6) is 0.0100. The maximum absolute atomic E-state index is 13.4. The van der Waals surface area contributed by atoms with E-state index in [4.69, 9.17) is 9.47 Å². The van der Waals surface area contributed by atoms with E-state index in [0.717, 1.165) is 16.8 Å². The zero-order valence-corrected chi connectivity index (χ0v) is 13.5. The molecule has 0 atom stereocenters. The second kappa shape index (κ2) is 7.63. The van der Waals surface area contributed by atoms with Gasteiger partial charge >= 0.3 is 5.97 Å². The van der Waals surface area contributed by atoms with Crippen LogP contribution in [0, 0.1) is 12.7 Å². The number of methoxy groups -OCH3 is 2. The van der Waals surface area contributed by atoms with E-state index in [1.807, 2.05) is 13.0 Å². The third kappa shape index (κ3) is 4.00. The van der Waals surface area contributed by atoms with Crippen LogP contribution in [0.1, 0.15) is 21.5 Å². The van der Waals surface area contributed by atoms with E-state index in [1.54, 1.807) is 25.3 Å². The van der Waals surface area contributed by atoms with E-state index in [0.29, 0.717) is 24.3 Å². The summed E-state index contributed by atoms with van der Waals surface area (Å²) in [5, 5.41) is 3.27. The van der Waals surface area contributed by atoms with E-state index in [-0.39, 0.29) is 11.8 Å². The van der Waals surface area contributed by atoms with Crippen molar-refractivity contribution in [1.82, 2.24) is 0 Å². The minimum absolute atomic E-state index is 0.287. The van der Waals surface area contributed by atoms with E-state index in [9.17, 15) is 9.18 Å². The molecule has 0 saturated heterocycles. The number of hydrogen-bond acceptors (Lipinski definition) is 4. The normalized spacial score (nSPS) is 10.3. The lowest BCUT2D eigenvalue weighted by atomic mass is 10.1. The lowest BCUT2D eigenvalue weighted by Crippen LogP contribution is -2.10. The molecule has 2 aromatic carbocycles. The first kappa shape index (κ1) is 16.8. The molecule has 122 valence electrons. The maximum atomic E-state index is 13.4. The van der Waals surface area contributed by atoms with Crippen LogP contribution >= 0.6 is 0 Å². The van der Waals surface area contributed by atoms with E-state index in [1.165, 1.54) is 19.2 Å². The van der Waals surface area contributed by atoms with Gasteiger partial charge in [0.1, 0.15) is 11.6 Å². The molecular formula is C18H20FNO3. The van der Waals surface area contributed by atoms with Crippen LogP contribution in [0.25, 0.3) is 0 Å². The van der Waals surface area contributed by atoms with Crippen molar-refractivity contribution in [2.45, 2.75) is 13.3 Å². The molecule has 0 saturated carbocycles. The van der Waals surface area contributed by atoms with E-state index >= 15 is 0 Å². The molecule has 0 aromatic heterocycles. The molecule has 0 bridgehead atoms. The highest BCUT2D eigenvalue weighted by molar-refractivity contribution is 5.92. The van der Waals surface area contributed by atoms with Crippen LogP contribution in [0.4, 0.5) is 10.1 Å². The molecule has 0 spiro atoms. The zero-order chi connectivity index (χ0) is 16.8. The molecule has 0 fully saturated rings. The molecule has 0 heterocycles. The first-order chi connectivity index (χ1) is 11.1. The molecule has 4 nitrogen and oxygen atoms in total. The van der Waals surface area contributed by atoms with Gasteiger partial charge in [-0.05, 0) is 54.8 Å². The molecule has 0 radical (unpaired) electrons. The monoisotopic (exact) mass is 317 g/mol. The van der Waals surface area contributed by atoms with E-state index < -0.39 is 0 Å². The smallest absolute Gasteiger partial charge is 0.338 e. The van der Waals surface area contributed by atoms with Crippen LogP contribution in [0.2, 0.25) is 0 Å². The Morgan fingerprint density at radius 2 is 2.00 bits per heavy atom. The molecule has 0 unspecified atom stereocenters.